The predicted octanol–water partition coefficient (Wildman–Crippen LogP) is 2.74. The average Bonchev–Trinajstić information content (AvgIpc) is 2.70. The number of rotatable bonds is 2. The summed E-state index contributed by atoms with van der Waals surface area (Å²) in [5, 5.41) is 12.2. The zero-order chi connectivity index (χ0) is 15.9. The van der Waals surface area contributed by atoms with Gasteiger partial charge in [-0.05, 0) is 31.5 Å². The van der Waals surface area contributed by atoms with E-state index in [4.69, 9.17) is 5.11 Å². The monoisotopic (exact) mass is 303 g/mol. The molecule has 0 aliphatic carbocycles. The summed E-state index contributed by atoms with van der Waals surface area (Å²) in [5.74, 6) is -3.83. The molecule has 0 fully saturated rings. The van der Waals surface area contributed by atoms with Crippen molar-refractivity contribution in [2.75, 3.05) is 0 Å². The van der Waals surface area contributed by atoms with Crippen molar-refractivity contribution in [2.24, 2.45) is 0 Å². The van der Waals surface area contributed by atoms with E-state index in [9.17, 15) is 22.4 Å². The lowest BCUT2D eigenvalue weighted by molar-refractivity contribution is -0.144. The number of hydrogen-bond acceptors (Lipinski definition) is 3. The first-order valence-electron chi connectivity index (χ1n) is 5.66. The first-order chi connectivity index (χ1) is 9.61. The maximum absolute atomic E-state index is 13.9. The number of carboxylic acid groups (broad SMARTS) is 1. The Hall–Kier alpha value is -2.45. The molecule has 5 nitrogen and oxygen atoms in total. The molecular formula is C12H9F4N3O2. The SMILES string of the molecule is Cc1cc(F)c(-n2nc(C(F)(F)F)nc2C)cc1C(=O)O. The number of aryl methyl sites for hydroxylation is 2. The van der Waals surface area contributed by atoms with Crippen molar-refractivity contribution >= 4 is 5.97 Å². The number of benzene rings is 1. The van der Waals surface area contributed by atoms with Crippen LogP contribution < -0.4 is 0 Å². The molecule has 21 heavy (non-hydrogen) atoms. The number of aromatic carboxylic acids is 1. The Balaban J connectivity index is 2.65. The Morgan fingerprint density at radius 1 is 1.29 bits per heavy atom. The molecule has 0 spiro atoms. The van der Waals surface area contributed by atoms with Gasteiger partial charge in [-0.2, -0.15) is 13.2 Å². The molecule has 1 heterocycles. The molecule has 0 saturated carbocycles. The highest BCUT2D eigenvalue weighted by atomic mass is 19.4. The molecular weight excluding hydrogens is 294 g/mol. The minimum absolute atomic E-state index is 0.151. The normalized spacial score (nSPS) is 11.7. The fourth-order valence-electron chi connectivity index (χ4n) is 1.79. The predicted molar refractivity (Wildman–Crippen MR) is 62.8 cm³/mol. The lowest BCUT2D eigenvalue weighted by Crippen LogP contribution is -2.10. The maximum Gasteiger partial charge on any atom is 0.453 e. The summed E-state index contributed by atoms with van der Waals surface area (Å²) in [6.07, 6.45) is -4.77. The van der Waals surface area contributed by atoms with E-state index in [0.717, 1.165) is 12.1 Å². The van der Waals surface area contributed by atoms with Crippen molar-refractivity contribution < 1.29 is 27.5 Å². The van der Waals surface area contributed by atoms with E-state index in [-0.39, 0.29) is 17.0 Å². The lowest BCUT2D eigenvalue weighted by Gasteiger charge is -2.08. The zero-order valence-electron chi connectivity index (χ0n) is 10.9. The number of hydrogen-bond donors (Lipinski definition) is 1. The van der Waals surface area contributed by atoms with Crippen LogP contribution in [0, 0.1) is 19.7 Å². The minimum Gasteiger partial charge on any atom is -0.478 e. The van der Waals surface area contributed by atoms with Gasteiger partial charge in [0.1, 0.15) is 17.3 Å². The van der Waals surface area contributed by atoms with E-state index >= 15 is 0 Å². The van der Waals surface area contributed by atoms with Gasteiger partial charge >= 0.3 is 12.1 Å². The second kappa shape index (κ2) is 4.83. The number of nitrogens with zero attached hydrogens (tertiary/aromatic N) is 3. The third kappa shape index (κ3) is 2.71. The van der Waals surface area contributed by atoms with Crippen LogP contribution in [0.3, 0.4) is 0 Å². The van der Waals surface area contributed by atoms with Gasteiger partial charge in [-0.1, -0.05) is 0 Å². The van der Waals surface area contributed by atoms with E-state index in [0.29, 0.717) is 4.68 Å². The summed E-state index contributed by atoms with van der Waals surface area (Å²) in [5.41, 5.74) is -0.481. The van der Waals surface area contributed by atoms with Gasteiger partial charge in [0.05, 0.1) is 5.56 Å². The fourth-order valence-corrected chi connectivity index (χ4v) is 1.79. The summed E-state index contributed by atoms with van der Waals surface area (Å²) in [7, 11) is 0. The summed E-state index contributed by atoms with van der Waals surface area (Å²) < 4.78 is 52.2. The molecule has 0 radical (unpaired) electrons. The minimum atomic E-state index is -4.77. The largest absolute Gasteiger partial charge is 0.478 e. The van der Waals surface area contributed by atoms with Crippen LogP contribution in [-0.2, 0) is 6.18 Å². The average molecular weight is 303 g/mol. The Morgan fingerprint density at radius 2 is 1.90 bits per heavy atom. The Morgan fingerprint density at radius 3 is 2.38 bits per heavy atom. The highest BCUT2D eigenvalue weighted by Gasteiger charge is 2.37. The van der Waals surface area contributed by atoms with Gasteiger partial charge in [-0.25, -0.2) is 18.9 Å². The molecule has 1 N–H and O–H groups in total. The number of halogens is 4. The van der Waals surface area contributed by atoms with Gasteiger partial charge in [-0.15, -0.1) is 5.10 Å². The molecule has 2 aromatic rings. The van der Waals surface area contributed by atoms with Crippen LogP contribution in [0.2, 0.25) is 0 Å². The second-order valence-electron chi connectivity index (χ2n) is 4.32. The van der Waals surface area contributed by atoms with Crippen LogP contribution in [0.25, 0.3) is 5.69 Å². The third-order valence-electron chi connectivity index (χ3n) is 2.77. The molecule has 1 aromatic heterocycles. The van der Waals surface area contributed by atoms with Crippen LogP contribution in [0.5, 0.6) is 0 Å². The molecule has 0 saturated heterocycles. The fraction of sp³-hybridized carbons (Fsp3) is 0.250. The Kier molecular flexibility index (Phi) is 3.44. The summed E-state index contributed by atoms with van der Waals surface area (Å²) in [6.45, 7) is 2.59. The van der Waals surface area contributed by atoms with Gasteiger partial charge < -0.3 is 5.11 Å². The first-order valence-corrected chi connectivity index (χ1v) is 5.66. The first kappa shape index (κ1) is 14.9. The van der Waals surface area contributed by atoms with Crippen molar-refractivity contribution in [3.63, 3.8) is 0 Å². The quantitative estimate of drug-likeness (QED) is 0.866. The number of carbonyl (C=O) groups is 1. The number of aromatic nitrogens is 3. The van der Waals surface area contributed by atoms with E-state index in [1.807, 2.05) is 0 Å². The summed E-state index contributed by atoms with van der Waals surface area (Å²) in [4.78, 5) is 14.2. The van der Waals surface area contributed by atoms with Gasteiger partial charge in [-0.3, -0.25) is 0 Å². The van der Waals surface area contributed by atoms with Gasteiger partial charge in [0.2, 0.25) is 0 Å². The van der Waals surface area contributed by atoms with Crippen LogP contribution >= 0.6 is 0 Å². The molecule has 0 aliphatic heterocycles. The number of carboxylic acids is 1. The van der Waals surface area contributed by atoms with Crippen LogP contribution in [0.4, 0.5) is 17.6 Å². The molecule has 0 unspecified atom stereocenters. The molecule has 1 aromatic carbocycles. The molecule has 0 aliphatic rings. The highest BCUT2D eigenvalue weighted by Crippen LogP contribution is 2.28. The standard InChI is InChI=1S/C12H9F4N3O2/c1-5-3-8(13)9(4-7(5)10(20)21)19-6(2)17-11(18-19)12(14,15)16/h3-4H,1-2H3,(H,20,21). The van der Waals surface area contributed by atoms with Crippen molar-refractivity contribution in [3.05, 3.63) is 40.7 Å². The molecule has 9 heteroatoms. The van der Waals surface area contributed by atoms with Crippen LogP contribution in [0.15, 0.2) is 12.1 Å². The third-order valence-corrected chi connectivity index (χ3v) is 2.77. The topological polar surface area (TPSA) is 68.0 Å². The van der Waals surface area contributed by atoms with Crippen molar-refractivity contribution in [2.45, 2.75) is 20.0 Å². The molecule has 2 rings (SSSR count). The van der Waals surface area contributed by atoms with Crippen LogP contribution in [0.1, 0.15) is 27.6 Å². The van der Waals surface area contributed by atoms with E-state index < -0.39 is 29.5 Å². The van der Waals surface area contributed by atoms with Crippen molar-refractivity contribution in [1.29, 1.82) is 0 Å². The van der Waals surface area contributed by atoms with Gasteiger partial charge in [0, 0.05) is 0 Å². The van der Waals surface area contributed by atoms with Crippen molar-refractivity contribution in [1.82, 2.24) is 14.8 Å². The molecule has 0 amide bonds. The van der Waals surface area contributed by atoms with E-state index in [2.05, 4.69) is 10.1 Å². The lowest BCUT2D eigenvalue weighted by atomic mass is 10.1. The molecule has 0 bridgehead atoms. The van der Waals surface area contributed by atoms with E-state index in [1.165, 1.54) is 13.8 Å². The van der Waals surface area contributed by atoms with Gasteiger partial charge in [0.15, 0.2) is 0 Å². The number of alkyl halides is 3. The summed E-state index contributed by atoms with van der Waals surface area (Å²) in [6, 6.07) is 1.85. The summed E-state index contributed by atoms with van der Waals surface area (Å²) >= 11 is 0. The Bertz CT molecular complexity index is 722. The maximum atomic E-state index is 13.9. The van der Waals surface area contributed by atoms with Crippen LogP contribution in [-0.4, -0.2) is 25.8 Å². The molecule has 0 atom stereocenters. The smallest absolute Gasteiger partial charge is 0.453 e. The van der Waals surface area contributed by atoms with Crippen molar-refractivity contribution in [3.8, 4) is 5.69 Å². The van der Waals surface area contributed by atoms with Gasteiger partial charge in [0.25, 0.3) is 5.82 Å². The van der Waals surface area contributed by atoms with E-state index in [1.54, 1.807) is 0 Å². The molecule has 112 valence electrons. The highest BCUT2D eigenvalue weighted by molar-refractivity contribution is 5.90. The second-order valence-corrected chi connectivity index (χ2v) is 4.32. The zero-order valence-corrected chi connectivity index (χ0v) is 10.9. The Labute approximate surface area is 115 Å².